The van der Waals surface area contributed by atoms with Crippen LogP contribution in [0.1, 0.15) is 25.5 Å². The maximum atomic E-state index is 7.00. The summed E-state index contributed by atoms with van der Waals surface area (Å²) in [7, 11) is 0. The Morgan fingerprint density at radius 1 is 1.67 bits per heavy atom. The van der Waals surface area contributed by atoms with E-state index in [4.69, 9.17) is 5.41 Å². The van der Waals surface area contributed by atoms with Crippen LogP contribution in [0.4, 0.5) is 0 Å². The van der Waals surface area contributed by atoms with E-state index in [2.05, 4.69) is 11.9 Å². The predicted molar refractivity (Wildman–Crippen MR) is 52.5 cm³/mol. The van der Waals surface area contributed by atoms with Gasteiger partial charge in [-0.1, -0.05) is 13.3 Å². The minimum Gasteiger partial charge on any atom is -0.361 e. The summed E-state index contributed by atoms with van der Waals surface area (Å²) in [6, 6.07) is 4.01. The van der Waals surface area contributed by atoms with Crippen molar-refractivity contribution in [1.29, 1.82) is 5.41 Å². The van der Waals surface area contributed by atoms with Crippen molar-refractivity contribution >= 4 is 11.8 Å². The van der Waals surface area contributed by atoms with Crippen LogP contribution in [0.15, 0.2) is 24.4 Å². The fourth-order valence-electron chi connectivity index (χ4n) is 1.21. The van der Waals surface area contributed by atoms with Gasteiger partial charge in [-0.25, -0.2) is 0 Å². The molecule has 0 atom stereocenters. The van der Waals surface area contributed by atoms with Gasteiger partial charge in [0.05, 0.1) is 0 Å². The molecule has 2 heteroatoms. The SMILES string of the molecule is CCC/C(=C/C=N)c1ccc[nH]1. The lowest BCUT2D eigenvalue weighted by Crippen LogP contribution is -1.84. The maximum Gasteiger partial charge on any atom is 0.0413 e. The van der Waals surface area contributed by atoms with Crippen molar-refractivity contribution in [3.05, 3.63) is 30.1 Å². The van der Waals surface area contributed by atoms with Gasteiger partial charge in [0.15, 0.2) is 0 Å². The molecule has 0 aliphatic rings. The van der Waals surface area contributed by atoms with E-state index in [1.165, 1.54) is 11.8 Å². The lowest BCUT2D eigenvalue weighted by Gasteiger charge is -2.00. The van der Waals surface area contributed by atoms with Gasteiger partial charge in [-0.05, 0) is 30.2 Å². The summed E-state index contributed by atoms with van der Waals surface area (Å²) < 4.78 is 0. The van der Waals surface area contributed by atoms with E-state index in [1.54, 1.807) is 0 Å². The average Bonchev–Trinajstić information content (AvgIpc) is 2.56. The topological polar surface area (TPSA) is 39.6 Å². The van der Waals surface area contributed by atoms with Crippen molar-refractivity contribution in [1.82, 2.24) is 4.98 Å². The molecule has 2 N–H and O–H groups in total. The largest absolute Gasteiger partial charge is 0.361 e. The molecule has 2 nitrogen and oxygen atoms in total. The van der Waals surface area contributed by atoms with Crippen LogP contribution in [0, 0.1) is 5.41 Å². The van der Waals surface area contributed by atoms with Crippen LogP contribution < -0.4 is 0 Å². The van der Waals surface area contributed by atoms with Crippen LogP contribution in [0.25, 0.3) is 5.57 Å². The number of allylic oxidation sites excluding steroid dienone is 2. The van der Waals surface area contributed by atoms with E-state index in [9.17, 15) is 0 Å². The van der Waals surface area contributed by atoms with Gasteiger partial charge in [0.1, 0.15) is 0 Å². The van der Waals surface area contributed by atoms with Gasteiger partial charge in [0.25, 0.3) is 0 Å². The monoisotopic (exact) mass is 162 g/mol. The second-order valence-corrected chi connectivity index (χ2v) is 2.69. The molecule has 0 bridgehead atoms. The van der Waals surface area contributed by atoms with Crippen LogP contribution in [-0.4, -0.2) is 11.2 Å². The van der Waals surface area contributed by atoms with E-state index in [0.717, 1.165) is 18.5 Å². The van der Waals surface area contributed by atoms with E-state index in [1.807, 2.05) is 24.4 Å². The Kier molecular flexibility index (Phi) is 3.33. The molecule has 0 amide bonds. The molecule has 0 unspecified atom stereocenters. The first-order valence-corrected chi connectivity index (χ1v) is 4.22. The molecular weight excluding hydrogens is 148 g/mol. The van der Waals surface area contributed by atoms with Crippen LogP contribution >= 0.6 is 0 Å². The summed E-state index contributed by atoms with van der Waals surface area (Å²) in [5, 5.41) is 7.00. The van der Waals surface area contributed by atoms with Crippen molar-refractivity contribution in [3.63, 3.8) is 0 Å². The lowest BCUT2D eigenvalue weighted by molar-refractivity contribution is 0.968. The molecule has 0 saturated heterocycles. The number of rotatable bonds is 4. The van der Waals surface area contributed by atoms with Gasteiger partial charge < -0.3 is 10.4 Å². The van der Waals surface area contributed by atoms with Gasteiger partial charge in [0, 0.05) is 18.1 Å². The quantitative estimate of drug-likeness (QED) is 0.639. The number of hydrogen-bond acceptors (Lipinski definition) is 1. The third kappa shape index (κ3) is 2.09. The second kappa shape index (κ2) is 4.54. The molecule has 0 saturated carbocycles. The highest BCUT2D eigenvalue weighted by molar-refractivity contribution is 5.81. The Hall–Kier alpha value is -1.31. The predicted octanol–water partition coefficient (Wildman–Crippen LogP) is 2.85. The van der Waals surface area contributed by atoms with E-state index in [0.29, 0.717) is 0 Å². The minimum atomic E-state index is 1.02. The molecule has 0 radical (unpaired) electrons. The molecule has 64 valence electrons. The number of aromatic amines is 1. The Labute approximate surface area is 72.8 Å². The normalized spacial score (nSPS) is 11.6. The molecule has 12 heavy (non-hydrogen) atoms. The van der Waals surface area contributed by atoms with Crippen molar-refractivity contribution in [2.24, 2.45) is 0 Å². The number of aromatic nitrogens is 1. The van der Waals surface area contributed by atoms with Crippen LogP contribution in [0.3, 0.4) is 0 Å². The summed E-state index contributed by atoms with van der Waals surface area (Å²) in [6.07, 6.45) is 7.22. The molecule has 0 fully saturated rings. The highest BCUT2D eigenvalue weighted by Gasteiger charge is 1.98. The zero-order valence-electron chi connectivity index (χ0n) is 7.30. The molecule has 1 aromatic rings. The summed E-state index contributed by atoms with van der Waals surface area (Å²) >= 11 is 0. The first-order chi connectivity index (χ1) is 5.88. The fourth-order valence-corrected chi connectivity index (χ4v) is 1.21. The summed E-state index contributed by atoms with van der Waals surface area (Å²) in [5.74, 6) is 0. The Morgan fingerprint density at radius 2 is 2.50 bits per heavy atom. The van der Waals surface area contributed by atoms with Crippen LogP contribution in [0.2, 0.25) is 0 Å². The molecule has 1 aromatic heterocycles. The van der Waals surface area contributed by atoms with E-state index in [-0.39, 0.29) is 0 Å². The zero-order valence-corrected chi connectivity index (χ0v) is 7.30. The fraction of sp³-hybridized carbons (Fsp3) is 0.300. The van der Waals surface area contributed by atoms with Gasteiger partial charge in [-0.3, -0.25) is 0 Å². The Morgan fingerprint density at radius 3 is 3.00 bits per heavy atom. The van der Waals surface area contributed by atoms with Crippen LogP contribution in [-0.2, 0) is 0 Å². The number of nitrogens with one attached hydrogen (secondary N) is 2. The summed E-state index contributed by atoms with van der Waals surface area (Å²) in [4.78, 5) is 3.14. The lowest BCUT2D eigenvalue weighted by atomic mass is 10.1. The number of hydrogen-bond donors (Lipinski definition) is 2. The van der Waals surface area contributed by atoms with Gasteiger partial charge in [-0.2, -0.15) is 0 Å². The molecule has 1 rings (SSSR count). The first-order valence-electron chi connectivity index (χ1n) is 4.22. The first kappa shape index (κ1) is 8.78. The van der Waals surface area contributed by atoms with Crippen molar-refractivity contribution in [2.75, 3.05) is 0 Å². The average molecular weight is 162 g/mol. The molecule has 0 aromatic carbocycles. The molecular formula is C10H14N2. The maximum absolute atomic E-state index is 7.00. The number of H-pyrrole nitrogens is 1. The van der Waals surface area contributed by atoms with Crippen molar-refractivity contribution in [2.45, 2.75) is 19.8 Å². The van der Waals surface area contributed by atoms with Crippen molar-refractivity contribution < 1.29 is 0 Å². The van der Waals surface area contributed by atoms with E-state index >= 15 is 0 Å². The smallest absolute Gasteiger partial charge is 0.0413 e. The van der Waals surface area contributed by atoms with Gasteiger partial charge in [0.2, 0.25) is 0 Å². The van der Waals surface area contributed by atoms with Crippen molar-refractivity contribution in [3.8, 4) is 0 Å². The summed E-state index contributed by atoms with van der Waals surface area (Å²) in [6.45, 7) is 2.14. The highest BCUT2D eigenvalue weighted by atomic mass is 14.7. The molecule has 0 aliphatic heterocycles. The van der Waals surface area contributed by atoms with Gasteiger partial charge >= 0.3 is 0 Å². The molecule has 1 heterocycles. The Bertz CT molecular complexity index is 257. The highest BCUT2D eigenvalue weighted by Crippen LogP contribution is 2.16. The van der Waals surface area contributed by atoms with E-state index < -0.39 is 0 Å². The zero-order chi connectivity index (χ0) is 8.81. The Balaban J connectivity index is 2.80. The third-order valence-corrected chi connectivity index (χ3v) is 1.75. The van der Waals surface area contributed by atoms with Crippen LogP contribution in [0.5, 0.6) is 0 Å². The molecule has 0 aliphatic carbocycles. The second-order valence-electron chi connectivity index (χ2n) is 2.69. The summed E-state index contributed by atoms with van der Waals surface area (Å²) in [5.41, 5.74) is 2.33. The minimum absolute atomic E-state index is 1.02. The molecule has 0 spiro atoms. The van der Waals surface area contributed by atoms with Gasteiger partial charge in [-0.15, -0.1) is 0 Å². The third-order valence-electron chi connectivity index (χ3n) is 1.75. The standard InChI is InChI=1S/C10H14N2/c1-2-4-9(6-7-11)10-5-3-8-12-10/h3,5-8,11-12H,2,4H2,1H3/b9-6-,11-7?.